The number of carbonyl (C=O) groups excluding carboxylic acids is 1. The Morgan fingerprint density at radius 3 is 2.54 bits per heavy atom. The molecule has 0 aliphatic carbocycles. The number of thioether (sulfide) groups is 1. The molecule has 2 rings (SSSR count). The molecule has 1 unspecified atom stereocenters. The van der Waals surface area contributed by atoms with Gasteiger partial charge < -0.3 is 9.88 Å². The Balaban J connectivity index is 2.13. The molecule has 1 heterocycles. The molecule has 0 spiro atoms. The normalized spacial score (nSPS) is 12.7. The Morgan fingerprint density at radius 1 is 1.31 bits per heavy atom. The van der Waals surface area contributed by atoms with Crippen LogP contribution in [0.4, 0.5) is 13.2 Å². The van der Waals surface area contributed by atoms with Gasteiger partial charge in [-0.3, -0.25) is 9.59 Å². The summed E-state index contributed by atoms with van der Waals surface area (Å²) < 4.78 is 38.3. The summed E-state index contributed by atoms with van der Waals surface area (Å²) in [5.74, 6) is -0.249. The number of hydrogen-bond acceptors (Lipinski definition) is 4. The van der Waals surface area contributed by atoms with Crippen molar-refractivity contribution in [2.75, 3.05) is 6.54 Å². The average Bonchev–Trinajstić information content (AvgIpc) is 2.58. The third-order valence-electron chi connectivity index (χ3n) is 3.56. The van der Waals surface area contributed by atoms with E-state index in [1.54, 1.807) is 11.8 Å². The van der Waals surface area contributed by atoms with Crippen LogP contribution in [0.2, 0.25) is 0 Å². The monoisotopic (exact) mass is 385 g/mol. The zero-order valence-electron chi connectivity index (χ0n) is 14.2. The minimum absolute atomic E-state index is 0.235. The second kappa shape index (κ2) is 8.39. The Labute approximate surface area is 152 Å². The van der Waals surface area contributed by atoms with E-state index in [0.29, 0.717) is 19.2 Å². The lowest BCUT2D eigenvalue weighted by Crippen LogP contribution is -2.36. The van der Waals surface area contributed by atoms with Crippen molar-refractivity contribution in [3.05, 3.63) is 58.0 Å². The fraction of sp³-hybridized carbons (Fsp3) is 0.353. The Kier molecular flexibility index (Phi) is 6.47. The van der Waals surface area contributed by atoms with Crippen LogP contribution in [0.25, 0.3) is 0 Å². The van der Waals surface area contributed by atoms with E-state index in [1.807, 2.05) is 37.3 Å². The molecule has 0 aliphatic rings. The molecular weight excluding hydrogens is 367 g/mol. The van der Waals surface area contributed by atoms with E-state index < -0.39 is 22.7 Å². The highest BCUT2D eigenvalue weighted by atomic mass is 32.2. The van der Waals surface area contributed by atoms with E-state index in [-0.39, 0.29) is 11.1 Å². The highest BCUT2D eigenvalue weighted by Gasteiger charge is 2.34. The third kappa shape index (κ3) is 5.35. The molecule has 0 bridgehead atoms. The first-order chi connectivity index (χ1) is 12.2. The first-order valence-electron chi connectivity index (χ1n) is 7.88. The zero-order chi connectivity index (χ0) is 19.3. The van der Waals surface area contributed by atoms with E-state index in [4.69, 9.17) is 0 Å². The number of nitrogens with zero attached hydrogens (tertiary/aromatic N) is 2. The van der Waals surface area contributed by atoms with Gasteiger partial charge in [0.2, 0.25) is 5.91 Å². The summed E-state index contributed by atoms with van der Waals surface area (Å²) in [6.07, 6.45) is -4.72. The van der Waals surface area contributed by atoms with Crippen LogP contribution in [0.15, 0.2) is 46.3 Å². The van der Waals surface area contributed by atoms with Crippen molar-refractivity contribution >= 4 is 17.7 Å². The van der Waals surface area contributed by atoms with Gasteiger partial charge in [-0.05, 0) is 19.4 Å². The molecule has 0 aliphatic heterocycles. The maximum Gasteiger partial charge on any atom is 0.433 e. The van der Waals surface area contributed by atoms with Gasteiger partial charge in [-0.1, -0.05) is 42.1 Å². The molecule has 140 valence electrons. The van der Waals surface area contributed by atoms with Crippen molar-refractivity contribution in [3.8, 4) is 0 Å². The number of aromatic amines is 1. The van der Waals surface area contributed by atoms with Gasteiger partial charge in [-0.25, -0.2) is 4.98 Å². The van der Waals surface area contributed by atoms with Gasteiger partial charge in [-0.15, -0.1) is 0 Å². The lowest BCUT2D eigenvalue weighted by molar-refractivity contribution is -0.141. The number of amides is 1. The molecule has 1 aromatic heterocycles. The van der Waals surface area contributed by atoms with Gasteiger partial charge in [0.1, 0.15) is 0 Å². The largest absolute Gasteiger partial charge is 0.433 e. The SMILES string of the molecule is CCN(Cc1ccccc1)C(=O)C(C)Sc1nc(C(F)(F)F)cc(=O)[nH]1. The number of benzene rings is 1. The summed E-state index contributed by atoms with van der Waals surface area (Å²) in [4.78, 5) is 31.3. The van der Waals surface area contributed by atoms with Crippen molar-refractivity contribution in [1.82, 2.24) is 14.9 Å². The minimum atomic E-state index is -4.72. The van der Waals surface area contributed by atoms with Gasteiger partial charge in [-0.2, -0.15) is 13.2 Å². The highest BCUT2D eigenvalue weighted by molar-refractivity contribution is 8.00. The van der Waals surface area contributed by atoms with Crippen molar-refractivity contribution in [1.29, 1.82) is 0 Å². The average molecular weight is 385 g/mol. The Bertz CT molecular complexity index is 809. The molecule has 9 heteroatoms. The van der Waals surface area contributed by atoms with Gasteiger partial charge in [0.25, 0.3) is 5.56 Å². The highest BCUT2D eigenvalue weighted by Crippen LogP contribution is 2.28. The molecule has 2 aromatic rings. The van der Waals surface area contributed by atoms with Crippen molar-refractivity contribution < 1.29 is 18.0 Å². The van der Waals surface area contributed by atoms with Gasteiger partial charge in [0.15, 0.2) is 10.9 Å². The number of carbonyl (C=O) groups is 1. The fourth-order valence-electron chi connectivity index (χ4n) is 2.26. The predicted molar refractivity (Wildman–Crippen MR) is 92.7 cm³/mol. The maximum atomic E-state index is 12.8. The van der Waals surface area contributed by atoms with Gasteiger partial charge in [0, 0.05) is 19.2 Å². The molecule has 0 radical (unpaired) electrons. The van der Waals surface area contributed by atoms with Crippen LogP contribution in [0.1, 0.15) is 25.1 Å². The second-order valence-electron chi connectivity index (χ2n) is 5.53. The fourth-order valence-corrected chi connectivity index (χ4v) is 3.16. The number of aromatic nitrogens is 2. The third-order valence-corrected chi connectivity index (χ3v) is 4.53. The van der Waals surface area contributed by atoms with Gasteiger partial charge >= 0.3 is 6.18 Å². The number of nitrogens with one attached hydrogen (secondary N) is 1. The molecule has 5 nitrogen and oxygen atoms in total. The first-order valence-corrected chi connectivity index (χ1v) is 8.76. The van der Waals surface area contributed by atoms with Gasteiger partial charge in [0.05, 0.1) is 5.25 Å². The second-order valence-corrected chi connectivity index (χ2v) is 6.86. The first kappa shape index (κ1) is 20.0. The zero-order valence-corrected chi connectivity index (χ0v) is 15.0. The number of H-pyrrole nitrogens is 1. The molecule has 1 N–H and O–H groups in total. The molecule has 0 saturated heterocycles. The van der Waals surface area contributed by atoms with E-state index in [0.717, 1.165) is 17.3 Å². The lowest BCUT2D eigenvalue weighted by atomic mass is 10.2. The van der Waals surface area contributed by atoms with Crippen LogP contribution in [-0.4, -0.2) is 32.6 Å². The van der Waals surface area contributed by atoms with Crippen molar-refractivity contribution in [2.45, 2.75) is 37.0 Å². The lowest BCUT2D eigenvalue weighted by Gasteiger charge is -2.24. The summed E-state index contributed by atoms with van der Waals surface area (Å²) in [6, 6.07) is 9.77. The van der Waals surface area contributed by atoms with Crippen LogP contribution >= 0.6 is 11.8 Å². The summed E-state index contributed by atoms with van der Waals surface area (Å²) in [5, 5.41) is -0.938. The maximum absolute atomic E-state index is 12.8. The standard InChI is InChI=1S/C17H18F3N3O2S/c1-3-23(10-12-7-5-4-6-8-12)15(25)11(2)26-16-21-13(17(18,19)20)9-14(24)22-16/h4-9,11H,3,10H2,1-2H3,(H,21,22,24). The number of halogens is 3. The predicted octanol–water partition coefficient (Wildman–Crippen LogP) is 3.32. The van der Waals surface area contributed by atoms with Crippen LogP contribution in [0.5, 0.6) is 0 Å². The van der Waals surface area contributed by atoms with Crippen LogP contribution in [0.3, 0.4) is 0 Å². The molecule has 1 aromatic carbocycles. The van der Waals surface area contributed by atoms with Crippen LogP contribution < -0.4 is 5.56 Å². The summed E-state index contributed by atoms with van der Waals surface area (Å²) in [7, 11) is 0. The molecule has 26 heavy (non-hydrogen) atoms. The summed E-state index contributed by atoms with van der Waals surface area (Å²) in [6.45, 7) is 4.24. The molecule has 0 fully saturated rings. The Hall–Kier alpha value is -2.29. The number of rotatable bonds is 6. The summed E-state index contributed by atoms with van der Waals surface area (Å²) >= 11 is 0.793. The van der Waals surface area contributed by atoms with E-state index in [2.05, 4.69) is 9.97 Å². The molecule has 0 saturated carbocycles. The number of hydrogen-bond donors (Lipinski definition) is 1. The van der Waals surface area contributed by atoms with E-state index in [9.17, 15) is 22.8 Å². The molecule has 1 amide bonds. The smallest absolute Gasteiger partial charge is 0.338 e. The van der Waals surface area contributed by atoms with Crippen molar-refractivity contribution in [2.24, 2.45) is 0 Å². The van der Waals surface area contributed by atoms with E-state index in [1.165, 1.54) is 0 Å². The molecular formula is C17H18F3N3O2S. The quantitative estimate of drug-likeness (QED) is 0.612. The minimum Gasteiger partial charge on any atom is -0.338 e. The Morgan fingerprint density at radius 2 is 1.96 bits per heavy atom. The van der Waals surface area contributed by atoms with Crippen molar-refractivity contribution in [3.63, 3.8) is 0 Å². The summed E-state index contributed by atoms with van der Waals surface area (Å²) in [5.41, 5.74) is -1.24. The topological polar surface area (TPSA) is 66.1 Å². The van der Waals surface area contributed by atoms with Crippen LogP contribution in [-0.2, 0) is 17.5 Å². The van der Waals surface area contributed by atoms with E-state index >= 15 is 0 Å². The number of alkyl halides is 3. The molecule has 1 atom stereocenters. The van der Waals surface area contributed by atoms with Crippen LogP contribution in [0, 0.1) is 0 Å².